The van der Waals surface area contributed by atoms with Gasteiger partial charge in [0.2, 0.25) is 5.91 Å². The van der Waals surface area contributed by atoms with E-state index in [0.717, 1.165) is 0 Å². The van der Waals surface area contributed by atoms with Gasteiger partial charge < -0.3 is 9.64 Å². The van der Waals surface area contributed by atoms with Crippen LogP contribution in [-0.4, -0.2) is 79.3 Å². The number of carbonyl (C=O) groups is 1. The van der Waals surface area contributed by atoms with Crippen LogP contribution in [0.4, 0.5) is 4.39 Å². The van der Waals surface area contributed by atoms with Crippen LogP contribution < -0.4 is 0 Å². The number of halogens is 1. The van der Waals surface area contributed by atoms with E-state index in [0.29, 0.717) is 31.7 Å². The van der Waals surface area contributed by atoms with Gasteiger partial charge in [-0.1, -0.05) is 12.1 Å². The second-order valence-electron chi connectivity index (χ2n) is 7.17. The number of ether oxygens (including phenoxy) is 1. The van der Waals surface area contributed by atoms with Gasteiger partial charge in [-0.25, -0.2) is 4.39 Å². The Morgan fingerprint density at radius 1 is 1.11 bits per heavy atom. The Labute approximate surface area is 159 Å². The lowest BCUT2D eigenvalue weighted by Gasteiger charge is -2.40. The molecule has 2 aliphatic heterocycles. The third-order valence-corrected chi connectivity index (χ3v) is 6.84. The zero-order valence-electron chi connectivity index (χ0n) is 15.7. The van der Waals surface area contributed by atoms with Crippen LogP contribution in [0, 0.1) is 5.82 Å². The smallest absolute Gasteiger partial charge is 0.282 e. The third-order valence-electron chi connectivity index (χ3n) is 4.87. The predicted octanol–water partition coefficient (Wildman–Crippen LogP) is 0.866. The molecule has 0 aliphatic carbocycles. The Hall–Kier alpha value is -1.55. The predicted molar refractivity (Wildman–Crippen MR) is 98.8 cm³/mol. The molecule has 0 spiro atoms. The summed E-state index contributed by atoms with van der Waals surface area (Å²) in [5.41, 5.74) is 0.617. The van der Waals surface area contributed by atoms with E-state index in [2.05, 4.69) is 0 Å². The standard InChI is InChI=1S/C18H26FN3O4S/c1-14-12-22(13-15(2)26-14)27(24,25)21-8-6-20(7-9-21)18(23)11-16-4-3-5-17(19)10-16/h3-5,10,14-15H,6-9,11-13H2,1-2H3/t14-,15-/m0/s1. The maximum absolute atomic E-state index is 13.3. The van der Waals surface area contributed by atoms with Crippen LogP contribution in [0.1, 0.15) is 19.4 Å². The topological polar surface area (TPSA) is 70.2 Å². The summed E-state index contributed by atoms with van der Waals surface area (Å²) < 4.78 is 47.5. The van der Waals surface area contributed by atoms with Crippen LogP contribution >= 0.6 is 0 Å². The first kappa shape index (κ1) is 20.2. The van der Waals surface area contributed by atoms with Crippen molar-refractivity contribution in [2.24, 2.45) is 0 Å². The van der Waals surface area contributed by atoms with Crippen LogP contribution in [0.2, 0.25) is 0 Å². The molecule has 2 aliphatic rings. The highest BCUT2D eigenvalue weighted by atomic mass is 32.2. The molecule has 27 heavy (non-hydrogen) atoms. The number of rotatable bonds is 4. The first-order valence-electron chi connectivity index (χ1n) is 9.18. The number of amides is 1. The molecule has 0 saturated carbocycles. The largest absolute Gasteiger partial charge is 0.373 e. The first-order valence-corrected chi connectivity index (χ1v) is 10.6. The van der Waals surface area contributed by atoms with Crippen molar-refractivity contribution in [3.8, 4) is 0 Å². The Balaban J connectivity index is 1.57. The lowest BCUT2D eigenvalue weighted by atomic mass is 10.1. The average Bonchev–Trinajstić information content (AvgIpc) is 2.61. The molecule has 1 amide bonds. The minimum Gasteiger partial charge on any atom is -0.373 e. The highest BCUT2D eigenvalue weighted by Gasteiger charge is 2.37. The second kappa shape index (κ2) is 8.22. The molecule has 7 nitrogen and oxygen atoms in total. The van der Waals surface area contributed by atoms with E-state index in [-0.39, 0.29) is 43.4 Å². The van der Waals surface area contributed by atoms with Crippen molar-refractivity contribution in [2.75, 3.05) is 39.3 Å². The Kier molecular flexibility index (Phi) is 6.15. The van der Waals surface area contributed by atoms with Crippen molar-refractivity contribution >= 4 is 16.1 Å². The normalized spacial score (nSPS) is 25.5. The lowest BCUT2D eigenvalue weighted by molar-refractivity contribution is -0.131. The van der Waals surface area contributed by atoms with Gasteiger partial charge in [0.05, 0.1) is 18.6 Å². The quantitative estimate of drug-likeness (QED) is 0.753. The number of nitrogens with zero attached hydrogens (tertiary/aromatic N) is 3. The van der Waals surface area contributed by atoms with E-state index in [4.69, 9.17) is 4.74 Å². The summed E-state index contributed by atoms with van der Waals surface area (Å²) in [6.07, 6.45) is -0.168. The summed E-state index contributed by atoms with van der Waals surface area (Å²) in [5.74, 6) is -0.489. The number of carbonyl (C=O) groups excluding carboxylic acids is 1. The minimum absolute atomic E-state index is 0.114. The molecule has 1 aromatic rings. The maximum Gasteiger partial charge on any atom is 0.282 e. The molecule has 0 radical (unpaired) electrons. The van der Waals surface area contributed by atoms with E-state index in [1.807, 2.05) is 13.8 Å². The SMILES string of the molecule is C[C@H]1CN(S(=O)(=O)N2CCN(C(=O)Cc3cccc(F)c3)CC2)C[C@H](C)O1. The van der Waals surface area contributed by atoms with E-state index < -0.39 is 10.2 Å². The van der Waals surface area contributed by atoms with Gasteiger partial charge in [-0.15, -0.1) is 0 Å². The van der Waals surface area contributed by atoms with E-state index in [1.165, 1.54) is 20.7 Å². The monoisotopic (exact) mass is 399 g/mol. The molecule has 2 atom stereocenters. The summed E-state index contributed by atoms with van der Waals surface area (Å²) in [4.78, 5) is 14.1. The van der Waals surface area contributed by atoms with E-state index in [9.17, 15) is 17.6 Å². The van der Waals surface area contributed by atoms with Gasteiger partial charge in [-0.05, 0) is 31.5 Å². The maximum atomic E-state index is 13.3. The molecular formula is C18H26FN3O4S. The summed E-state index contributed by atoms with van der Waals surface area (Å²) >= 11 is 0. The van der Waals surface area contributed by atoms with Crippen molar-refractivity contribution < 1.29 is 22.3 Å². The molecule has 1 aromatic carbocycles. The zero-order chi connectivity index (χ0) is 19.6. The van der Waals surface area contributed by atoms with Gasteiger partial charge in [0.15, 0.2) is 0 Å². The first-order chi connectivity index (χ1) is 12.8. The molecule has 2 saturated heterocycles. The highest BCUT2D eigenvalue weighted by molar-refractivity contribution is 7.86. The zero-order valence-corrected chi connectivity index (χ0v) is 16.5. The fourth-order valence-corrected chi connectivity index (χ4v) is 5.33. The average molecular weight is 399 g/mol. The molecule has 2 fully saturated rings. The van der Waals surface area contributed by atoms with Crippen molar-refractivity contribution in [3.63, 3.8) is 0 Å². The molecule has 0 unspecified atom stereocenters. The highest BCUT2D eigenvalue weighted by Crippen LogP contribution is 2.19. The third kappa shape index (κ3) is 4.84. The van der Waals surface area contributed by atoms with Crippen LogP contribution in [0.3, 0.4) is 0 Å². The molecular weight excluding hydrogens is 373 g/mol. The van der Waals surface area contributed by atoms with E-state index in [1.54, 1.807) is 17.0 Å². The lowest BCUT2D eigenvalue weighted by Crippen LogP contribution is -2.57. The molecule has 0 aromatic heterocycles. The van der Waals surface area contributed by atoms with Gasteiger partial charge in [-0.2, -0.15) is 17.0 Å². The molecule has 150 valence electrons. The number of benzene rings is 1. The van der Waals surface area contributed by atoms with Crippen molar-refractivity contribution in [1.29, 1.82) is 0 Å². The van der Waals surface area contributed by atoms with Crippen molar-refractivity contribution in [2.45, 2.75) is 32.5 Å². The van der Waals surface area contributed by atoms with Crippen molar-refractivity contribution in [1.82, 2.24) is 13.5 Å². The number of hydrogen-bond acceptors (Lipinski definition) is 4. The Morgan fingerprint density at radius 3 is 2.33 bits per heavy atom. The van der Waals surface area contributed by atoms with Gasteiger partial charge in [0.25, 0.3) is 10.2 Å². The number of piperazine rings is 1. The van der Waals surface area contributed by atoms with Gasteiger partial charge in [0.1, 0.15) is 5.82 Å². The molecule has 0 N–H and O–H groups in total. The summed E-state index contributed by atoms with van der Waals surface area (Å²) in [6.45, 7) is 5.60. The Bertz CT molecular complexity index is 771. The van der Waals surface area contributed by atoms with Gasteiger partial charge in [0, 0.05) is 39.3 Å². The van der Waals surface area contributed by atoms with Crippen LogP contribution in [-0.2, 0) is 26.2 Å². The van der Waals surface area contributed by atoms with Crippen LogP contribution in [0.15, 0.2) is 24.3 Å². The van der Waals surface area contributed by atoms with Crippen LogP contribution in [0.25, 0.3) is 0 Å². The van der Waals surface area contributed by atoms with Crippen molar-refractivity contribution in [3.05, 3.63) is 35.6 Å². The van der Waals surface area contributed by atoms with Gasteiger partial charge in [-0.3, -0.25) is 4.79 Å². The molecule has 3 rings (SSSR count). The second-order valence-corrected chi connectivity index (χ2v) is 9.10. The molecule has 2 heterocycles. The summed E-state index contributed by atoms with van der Waals surface area (Å²) in [6, 6.07) is 5.97. The summed E-state index contributed by atoms with van der Waals surface area (Å²) in [7, 11) is -3.57. The molecule has 0 bridgehead atoms. The minimum atomic E-state index is -3.57. The fourth-order valence-electron chi connectivity index (χ4n) is 3.58. The molecule has 9 heteroatoms. The van der Waals surface area contributed by atoms with Gasteiger partial charge >= 0.3 is 0 Å². The van der Waals surface area contributed by atoms with E-state index >= 15 is 0 Å². The van der Waals surface area contributed by atoms with Crippen LogP contribution in [0.5, 0.6) is 0 Å². The number of morpholine rings is 1. The fraction of sp³-hybridized carbons (Fsp3) is 0.611. The summed E-state index contributed by atoms with van der Waals surface area (Å²) in [5, 5.41) is 0. The number of hydrogen-bond donors (Lipinski definition) is 0. The Morgan fingerprint density at radius 2 is 1.74 bits per heavy atom.